The number of anilines is 2. The van der Waals surface area contributed by atoms with Crippen molar-refractivity contribution in [3.05, 3.63) is 78.6 Å². The molecule has 8 nitrogen and oxygen atoms in total. The van der Waals surface area contributed by atoms with E-state index in [1.54, 1.807) is 12.1 Å². The zero-order valence-electron chi connectivity index (χ0n) is 20.0. The molecule has 0 spiro atoms. The van der Waals surface area contributed by atoms with Crippen LogP contribution in [0.3, 0.4) is 0 Å². The SMILES string of the molecule is CSc1ccc(S(=O)(=O)N(CC(=O)Nc2ccc(S(=O)(=O)N3CCCC3)cc2)c2cccc(F)c2)cc1. The Morgan fingerprint density at radius 1 is 0.946 bits per heavy atom. The summed E-state index contributed by atoms with van der Waals surface area (Å²) in [5, 5.41) is 2.60. The Hall–Kier alpha value is -2.93. The minimum absolute atomic E-state index is 0.00357. The van der Waals surface area contributed by atoms with Crippen molar-refractivity contribution in [1.29, 1.82) is 0 Å². The van der Waals surface area contributed by atoms with Crippen LogP contribution in [0.25, 0.3) is 0 Å². The lowest BCUT2D eigenvalue weighted by Gasteiger charge is -2.24. The number of nitrogens with zero attached hydrogens (tertiary/aromatic N) is 2. The van der Waals surface area contributed by atoms with Crippen molar-refractivity contribution < 1.29 is 26.0 Å². The average Bonchev–Trinajstić information content (AvgIpc) is 3.44. The monoisotopic (exact) mass is 563 g/mol. The first kappa shape index (κ1) is 27.1. The summed E-state index contributed by atoms with van der Waals surface area (Å²) in [6.45, 7) is 0.334. The highest BCUT2D eigenvalue weighted by Crippen LogP contribution is 2.27. The van der Waals surface area contributed by atoms with Gasteiger partial charge in [0, 0.05) is 23.7 Å². The molecule has 0 unspecified atom stereocenters. The van der Waals surface area contributed by atoms with Gasteiger partial charge in [-0.25, -0.2) is 21.2 Å². The van der Waals surface area contributed by atoms with Crippen molar-refractivity contribution in [3.63, 3.8) is 0 Å². The molecular weight excluding hydrogens is 537 g/mol. The predicted molar refractivity (Wildman–Crippen MR) is 142 cm³/mol. The van der Waals surface area contributed by atoms with Gasteiger partial charge >= 0.3 is 0 Å². The second kappa shape index (κ2) is 11.2. The number of carbonyl (C=O) groups is 1. The van der Waals surface area contributed by atoms with Gasteiger partial charge in [0.15, 0.2) is 0 Å². The average molecular weight is 564 g/mol. The molecule has 196 valence electrons. The van der Waals surface area contributed by atoms with Gasteiger partial charge in [-0.15, -0.1) is 11.8 Å². The molecule has 0 atom stereocenters. The number of nitrogens with one attached hydrogen (secondary N) is 1. The fourth-order valence-electron chi connectivity index (χ4n) is 3.94. The molecule has 1 heterocycles. The van der Waals surface area contributed by atoms with Crippen molar-refractivity contribution in [1.82, 2.24) is 4.31 Å². The van der Waals surface area contributed by atoms with Crippen LogP contribution in [0.2, 0.25) is 0 Å². The van der Waals surface area contributed by atoms with Crippen LogP contribution in [0.15, 0.2) is 87.5 Å². The summed E-state index contributed by atoms with van der Waals surface area (Å²) in [4.78, 5) is 13.8. The molecule has 1 fully saturated rings. The first-order valence-electron chi connectivity index (χ1n) is 11.4. The summed E-state index contributed by atoms with van der Waals surface area (Å²) < 4.78 is 68.6. The van der Waals surface area contributed by atoms with Gasteiger partial charge in [0.05, 0.1) is 15.5 Å². The van der Waals surface area contributed by atoms with Gasteiger partial charge in [0.25, 0.3) is 10.0 Å². The highest BCUT2D eigenvalue weighted by molar-refractivity contribution is 7.98. The van der Waals surface area contributed by atoms with E-state index in [1.807, 2.05) is 6.26 Å². The summed E-state index contributed by atoms with van der Waals surface area (Å²) in [5.41, 5.74) is 0.294. The van der Waals surface area contributed by atoms with Crippen LogP contribution in [0, 0.1) is 5.82 Å². The highest BCUT2D eigenvalue weighted by atomic mass is 32.2. The maximum absolute atomic E-state index is 14.0. The molecule has 1 N–H and O–H groups in total. The molecule has 0 radical (unpaired) electrons. The molecule has 0 saturated carbocycles. The molecule has 12 heteroatoms. The zero-order valence-corrected chi connectivity index (χ0v) is 22.5. The van der Waals surface area contributed by atoms with E-state index in [-0.39, 0.29) is 15.5 Å². The molecule has 0 bridgehead atoms. The topological polar surface area (TPSA) is 104 Å². The second-order valence-corrected chi connectivity index (χ2v) is 13.0. The van der Waals surface area contributed by atoms with E-state index < -0.39 is 38.3 Å². The lowest BCUT2D eigenvalue weighted by atomic mass is 10.3. The van der Waals surface area contributed by atoms with Crippen LogP contribution in [-0.2, 0) is 24.8 Å². The zero-order chi connectivity index (χ0) is 26.6. The van der Waals surface area contributed by atoms with Gasteiger partial charge in [-0.3, -0.25) is 9.10 Å². The normalized spacial score (nSPS) is 14.4. The summed E-state index contributed by atoms with van der Waals surface area (Å²) in [7, 11) is -7.81. The van der Waals surface area contributed by atoms with E-state index in [1.165, 1.54) is 70.7 Å². The maximum atomic E-state index is 14.0. The predicted octanol–water partition coefficient (Wildman–Crippen LogP) is 4.17. The molecule has 0 aromatic heterocycles. The minimum Gasteiger partial charge on any atom is -0.325 e. The van der Waals surface area contributed by atoms with Gasteiger partial charge in [-0.2, -0.15) is 4.31 Å². The van der Waals surface area contributed by atoms with Crippen molar-refractivity contribution in [2.45, 2.75) is 27.5 Å². The van der Waals surface area contributed by atoms with Crippen LogP contribution in [0.1, 0.15) is 12.8 Å². The molecule has 4 rings (SSSR count). The van der Waals surface area contributed by atoms with Crippen LogP contribution >= 0.6 is 11.8 Å². The number of hydrogen-bond acceptors (Lipinski definition) is 6. The van der Waals surface area contributed by atoms with Crippen molar-refractivity contribution >= 4 is 49.1 Å². The standard InChI is InChI=1S/C25H26FN3O5S3/c1-35-22-9-13-24(14-10-22)37(33,34)29(21-6-4-5-19(26)17-21)18-25(30)27-20-7-11-23(12-8-20)36(31,32)28-15-2-3-16-28/h4-14,17H,2-3,15-16,18H2,1H3,(H,27,30). The number of thioether (sulfide) groups is 1. The van der Waals surface area contributed by atoms with Gasteiger partial charge < -0.3 is 5.32 Å². The van der Waals surface area contributed by atoms with Crippen molar-refractivity contribution in [2.75, 3.05) is 35.5 Å². The third kappa shape index (κ3) is 6.15. The Morgan fingerprint density at radius 2 is 1.57 bits per heavy atom. The molecule has 1 aliphatic heterocycles. The summed E-state index contributed by atoms with van der Waals surface area (Å²) in [6, 6.07) is 16.9. The molecule has 0 aliphatic carbocycles. The van der Waals surface area contributed by atoms with Crippen LogP contribution in [0.5, 0.6) is 0 Å². The van der Waals surface area contributed by atoms with Crippen LogP contribution < -0.4 is 9.62 Å². The van der Waals surface area contributed by atoms with E-state index in [4.69, 9.17) is 0 Å². The Morgan fingerprint density at radius 3 is 2.16 bits per heavy atom. The Kier molecular flexibility index (Phi) is 8.22. The number of carbonyl (C=O) groups excluding carboxylic acids is 1. The lowest BCUT2D eigenvalue weighted by Crippen LogP contribution is -2.38. The molecule has 3 aromatic rings. The number of benzene rings is 3. The summed E-state index contributed by atoms with van der Waals surface area (Å²) >= 11 is 1.45. The molecule has 3 aromatic carbocycles. The van der Waals surface area contributed by atoms with E-state index in [9.17, 15) is 26.0 Å². The number of hydrogen-bond donors (Lipinski definition) is 1. The first-order valence-corrected chi connectivity index (χ1v) is 15.5. The Bertz CT molecular complexity index is 1470. The third-order valence-electron chi connectivity index (χ3n) is 5.87. The molecule has 1 saturated heterocycles. The Labute approximate surface area is 220 Å². The molecule has 1 amide bonds. The van der Waals surface area contributed by atoms with E-state index in [2.05, 4.69) is 5.32 Å². The molecule has 37 heavy (non-hydrogen) atoms. The van der Waals surface area contributed by atoms with Gasteiger partial charge in [0.1, 0.15) is 12.4 Å². The molecule has 1 aliphatic rings. The third-order valence-corrected chi connectivity index (χ3v) is 10.3. The van der Waals surface area contributed by atoms with Crippen molar-refractivity contribution in [2.24, 2.45) is 0 Å². The number of rotatable bonds is 9. The fourth-order valence-corrected chi connectivity index (χ4v) is 7.28. The van der Waals surface area contributed by atoms with Gasteiger partial charge in [-0.1, -0.05) is 6.07 Å². The van der Waals surface area contributed by atoms with Gasteiger partial charge in [-0.05, 0) is 85.8 Å². The largest absolute Gasteiger partial charge is 0.325 e. The van der Waals surface area contributed by atoms with Crippen LogP contribution in [0.4, 0.5) is 15.8 Å². The van der Waals surface area contributed by atoms with Crippen molar-refractivity contribution in [3.8, 4) is 0 Å². The Balaban J connectivity index is 1.56. The summed E-state index contributed by atoms with van der Waals surface area (Å²) in [6.07, 6.45) is 3.50. The smallest absolute Gasteiger partial charge is 0.264 e. The van der Waals surface area contributed by atoms with E-state index in [0.29, 0.717) is 18.8 Å². The van der Waals surface area contributed by atoms with Crippen LogP contribution in [-0.4, -0.2) is 52.9 Å². The first-order chi connectivity index (χ1) is 17.6. The molecular formula is C25H26FN3O5S3. The van der Waals surface area contributed by atoms with E-state index in [0.717, 1.165) is 28.1 Å². The quantitative estimate of drug-likeness (QED) is 0.392. The fraction of sp³-hybridized carbons (Fsp3) is 0.240. The number of amides is 1. The lowest BCUT2D eigenvalue weighted by molar-refractivity contribution is -0.114. The highest BCUT2D eigenvalue weighted by Gasteiger charge is 2.29. The maximum Gasteiger partial charge on any atom is 0.264 e. The minimum atomic E-state index is -4.21. The van der Waals surface area contributed by atoms with Gasteiger partial charge in [0.2, 0.25) is 15.9 Å². The van der Waals surface area contributed by atoms with E-state index >= 15 is 0 Å². The summed E-state index contributed by atoms with van der Waals surface area (Å²) in [5.74, 6) is -1.32. The number of halogens is 1. The second-order valence-electron chi connectivity index (χ2n) is 8.35. The number of sulfonamides is 2.